The zero-order valence-electron chi connectivity index (χ0n) is 23.8. The molecular weight excluding hydrogens is 555 g/mol. The molecule has 0 spiro atoms. The molecule has 7 aromatic carbocycles. The summed E-state index contributed by atoms with van der Waals surface area (Å²) in [4.78, 5) is 0. The number of fused-ring (bicyclic) bond motifs is 4. The van der Waals surface area contributed by atoms with E-state index in [1.54, 1.807) is 0 Å². The zero-order valence-corrected chi connectivity index (χ0v) is 24.7. The third-order valence-corrected chi connectivity index (χ3v) is 11.9. The van der Waals surface area contributed by atoms with E-state index in [-0.39, 0.29) is 0 Å². The highest BCUT2D eigenvalue weighted by Crippen LogP contribution is 2.70. The van der Waals surface area contributed by atoms with Crippen LogP contribution >= 0.6 is 7.44 Å². The number of hydrogen-bond donors (Lipinski definition) is 0. The molecule has 4 heteroatoms. The van der Waals surface area contributed by atoms with Crippen molar-refractivity contribution < 1.29 is 4.57 Å². The molecule has 0 saturated heterocycles. The lowest BCUT2D eigenvalue weighted by atomic mass is 9.94. The summed E-state index contributed by atoms with van der Waals surface area (Å²) >= 11 is 0. The first-order chi connectivity index (χ1) is 21.7. The van der Waals surface area contributed by atoms with Crippen LogP contribution in [0.1, 0.15) is 0 Å². The maximum absolute atomic E-state index is 15.9. The average Bonchev–Trinajstić information content (AvgIpc) is 3.56. The molecule has 1 aliphatic heterocycles. The topological polar surface area (TPSA) is 23.6 Å². The average molecular weight is 583 g/mol. The smallest absolute Gasteiger partial charge is 0.270 e. The molecule has 0 amide bonds. The molecule has 0 aromatic heterocycles. The minimum atomic E-state index is -3.41. The predicted molar refractivity (Wildman–Crippen MR) is 185 cm³/mol. The third kappa shape index (κ3) is 3.48. The van der Waals surface area contributed by atoms with E-state index < -0.39 is 7.44 Å². The Morgan fingerprint density at radius 3 is 1.59 bits per heavy atom. The van der Waals surface area contributed by atoms with E-state index in [0.717, 1.165) is 33.6 Å². The van der Waals surface area contributed by atoms with Gasteiger partial charge in [-0.25, -0.2) is 0 Å². The zero-order chi connectivity index (χ0) is 29.3. The van der Waals surface area contributed by atoms with E-state index in [0.29, 0.717) is 0 Å². The second kappa shape index (κ2) is 9.57. The minimum absolute atomic E-state index is 0.786. The Kier molecular flexibility index (Phi) is 5.47. The maximum atomic E-state index is 15.9. The van der Waals surface area contributed by atoms with Crippen molar-refractivity contribution in [3.8, 4) is 33.4 Å². The fourth-order valence-corrected chi connectivity index (χ4v) is 10.1. The van der Waals surface area contributed by atoms with Crippen LogP contribution in [0.15, 0.2) is 164 Å². The summed E-state index contributed by atoms with van der Waals surface area (Å²) in [5.41, 5.74) is 11.1. The SMILES string of the molecule is O=P1(c2ccccc2)N(c2ccccc2)c2ccc(-c3ccc4c5c(cccc35)-c3ccccc3-4)cc2N1c1ccccc1. The Hall–Kier alpha value is -5.37. The Labute approximate surface area is 256 Å². The minimum Gasteiger partial charge on any atom is -0.270 e. The molecule has 3 nitrogen and oxygen atoms in total. The molecule has 1 aliphatic carbocycles. The van der Waals surface area contributed by atoms with Gasteiger partial charge in [0, 0.05) is 11.4 Å². The van der Waals surface area contributed by atoms with Gasteiger partial charge in [0.1, 0.15) is 0 Å². The monoisotopic (exact) mass is 582 g/mol. The molecule has 0 fully saturated rings. The normalized spacial score (nSPS) is 16.3. The van der Waals surface area contributed by atoms with Gasteiger partial charge in [-0.05, 0) is 92.7 Å². The van der Waals surface area contributed by atoms with Gasteiger partial charge < -0.3 is 0 Å². The Morgan fingerprint density at radius 1 is 0.409 bits per heavy atom. The second-order valence-electron chi connectivity index (χ2n) is 11.3. The molecule has 1 atom stereocenters. The van der Waals surface area contributed by atoms with Crippen molar-refractivity contribution in [2.75, 3.05) is 9.34 Å². The second-order valence-corrected chi connectivity index (χ2v) is 13.7. The quantitative estimate of drug-likeness (QED) is 0.193. The van der Waals surface area contributed by atoms with Gasteiger partial charge in [-0.1, -0.05) is 115 Å². The number of nitrogens with zero attached hydrogens (tertiary/aromatic N) is 2. The molecule has 208 valence electrons. The molecule has 44 heavy (non-hydrogen) atoms. The summed E-state index contributed by atoms with van der Waals surface area (Å²) < 4.78 is 20.0. The van der Waals surface area contributed by atoms with Crippen LogP contribution in [0.2, 0.25) is 0 Å². The van der Waals surface area contributed by atoms with Crippen LogP contribution in [-0.4, -0.2) is 0 Å². The predicted octanol–water partition coefficient (Wildman–Crippen LogP) is 11.0. The van der Waals surface area contributed by atoms with Gasteiger partial charge in [-0.2, -0.15) is 0 Å². The van der Waals surface area contributed by atoms with E-state index in [2.05, 4.69) is 94.3 Å². The number of para-hydroxylation sites is 2. The number of rotatable bonds is 4. The van der Waals surface area contributed by atoms with Crippen molar-refractivity contribution in [2.24, 2.45) is 0 Å². The highest BCUT2D eigenvalue weighted by Gasteiger charge is 2.49. The van der Waals surface area contributed by atoms with Gasteiger partial charge in [0.05, 0.1) is 16.7 Å². The summed E-state index contributed by atoms with van der Waals surface area (Å²) in [7, 11) is -3.41. The Morgan fingerprint density at radius 2 is 0.932 bits per heavy atom. The molecule has 9 rings (SSSR count). The van der Waals surface area contributed by atoms with Crippen LogP contribution in [0.3, 0.4) is 0 Å². The van der Waals surface area contributed by atoms with Crippen molar-refractivity contribution in [3.05, 3.63) is 164 Å². The first kappa shape index (κ1) is 25.2. The molecule has 1 unspecified atom stereocenters. The molecule has 2 aliphatic rings. The lowest BCUT2D eigenvalue weighted by molar-refractivity contribution is 0.582. The lowest BCUT2D eigenvalue weighted by Crippen LogP contribution is -2.26. The van der Waals surface area contributed by atoms with Crippen LogP contribution in [0, 0.1) is 0 Å². The summed E-state index contributed by atoms with van der Waals surface area (Å²) in [5, 5.41) is 3.31. The van der Waals surface area contributed by atoms with Gasteiger partial charge in [0.15, 0.2) is 0 Å². The largest absolute Gasteiger partial charge is 0.301 e. The van der Waals surface area contributed by atoms with Crippen molar-refractivity contribution in [2.45, 2.75) is 0 Å². The van der Waals surface area contributed by atoms with Crippen LogP contribution in [0.4, 0.5) is 22.7 Å². The standard InChI is InChI=1S/C40H27N2OP/c43-44(31-17-8-3-9-18-31)41(29-13-4-1-5-14-29)38-26-23-28(27-39(38)42(44)30-15-6-2-7-16-30)32-24-25-37-34-20-11-10-19-33(34)36-22-12-21-35(32)40(36)37/h1-27H. The Balaban J connectivity index is 1.31. The van der Waals surface area contributed by atoms with Gasteiger partial charge in [-0.3, -0.25) is 13.9 Å². The van der Waals surface area contributed by atoms with E-state index in [1.165, 1.54) is 38.6 Å². The van der Waals surface area contributed by atoms with Crippen LogP contribution < -0.4 is 14.6 Å². The maximum Gasteiger partial charge on any atom is 0.301 e. The number of benzene rings is 7. The first-order valence-corrected chi connectivity index (χ1v) is 16.5. The summed E-state index contributed by atoms with van der Waals surface area (Å²) in [6.45, 7) is 0. The molecule has 0 saturated carbocycles. The van der Waals surface area contributed by atoms with Crippen molar-refractivity contribution >= 4 is 46.3 Å². The van der Waals surface area contributed by atoms with Crippen LogP contribution in [0.5, 0.6) is 0 Å². The highest BCUT2D eigenvalue weighted by molar-refractivity contribution is 7.76. The summed E-state index contributed by atoms with van der Waals surface area (Å²) in [6.07, 6.45) is 0. The Bertz CT molecular complexity index is 2240. The van der Waals surface area contributed by atoms with Gasteiger partial charge >= 0.3 is 7.44 Å². The molecule has 0 bridgehead atoms. The van der Waals surface area contributed by atoms with E-state index in [9.17, 15) is 0 Å². The highest BCUT2D eigenvalue weighted by atomic mass is 31.2. The van der Waals surface area contributed by atoms with Gasteiger partial charge in [-0.15, -0.1) is 0 Å². The van der Waals surface area contributed by atoms with Crippen molar-refractivity contribution in [1.82, 2.24) is 0 Å². The number of hydrogen-bond acceptors (Lipinski definition) is 1. The van der Waals surface area contributed by atoms with Crippen LogP contribution in [0.25, 0.3) is 44.2 Å². The fourth-order valence-electron chi connectivity index (χ4n) is 7.06. The lowest BCUT2D eigenvalue weighted by Gasteiger charge is -2.33. The van der Waals surface area contributed by atoms with Crippen molar-refractivity contribution in [3.63, 3.8) is 0 Å². The summed E-state index contributed by atoms with van der Waals surface area (Å²) in [6, 6.07) is 56.5. The van der Waals surface area contributed by atoms with E-state index in [1.807, 2.05) is 78.9 Å². The van der Waals surface area contributed by atoms with Gasteiger partial charge in [0.25, 0.3) is 0 Å². The molecular formula is C40H27N2OP. The molecule has 1 heterocycles. The van der Waals surface area contributed by atoms with Crippen LogP contribution in [-0.2, 0) is 4.57 Å². The molecule has 0 N–H and O–H groups in total. The van der Waals surface area contributed by atoms with Gasteiger partial charge in [0.2, 0.25) is 0 Å². The van der Waals surface area contributed by atoms with Crippen molar-refractivity contribution in [1.29, 1.82) is 0 Å². The summed E-state index contributed by atoms with van der Waals surface area (Å²) in [5.74, 6) is 0. The number of anilines is 4. The fraction of sp³-hybridized carbons (Fsp3) is 0. The third-order valence-electron chi connectivity index (χ3n) is 8.93. The molecule has 0 radical (unpaired) electrons. The molecule has 7 aromatic rings. The first-order valence-electron chi connectivity index (χ1n) is 14.9. The van der Waals surface area contributed by atoms with E-state index in [4.69, 9.17) is 0 Å². The van der Waals surface area contributed by atoms with E-state index >= 15 is 4.57 Å².